The molecule has 8 nitrogen and oxygen atoms in total. The quantitative estimate of drug-likeness (QED) is 0.549. The number of aryl methyl sites for hydroxylation is 1. The SMILES string of the molecule is Cc1nc2c(cnn2C(C)C)cc1C(=O)NCc1cccc([N+](=O)[O-])c1C. The first-order valence-corrected chi connectivity index (χ1v) is 8.65. The Morgan fingerprint density at radius 2 is 2.07 bits per heavy atom. The second kappa shape index (κ2) is 7.14. The van der Waals surface area contributed by atoms with Crippen LogP contribution in [0.3, 0.4) is 0 Å². The second-order valence-electron chi connectivity index (χ2n) is 6.72. The minimum atomic E-state index is -0.422. The molecule has 0 atom stereocenters. The first-order chi connectivity index (χ1) is 12.8. The molecule has 0 unspecified atom stereocenters. The van der Waals surface area contributed by atoms with Gasteiger partial charge in [0.25, 0.3) is 11.6 Å². The van der Waals surface area contributed by atoms with Gasteiger partial charge in [0.1, 0.15) is 0 Å². The number of carbonyl (C=O) groups excluding carboxylic acids is 1. The van der Waals surface area contributed by atoms with E-state index >= 15 is 0 Å². The summed E-state index contributed by atoms with van der Waals surface area (Å²) in [6, 6.07) is 6.79. The van der Waals surface area contributed by atoms with E-state index in [1.54, 1.807) is 38.2 Å². The molecule has 0 aliphatic carbocycles. The Balaban J connectivity index is 1.84. The Morgan fingerprint density at radius 3 is 2.74 bits per heavy atom. The molecule has 0 saturated heterocycles. The summed E-state index contributed by atoms with van der Waals surface area (Å²) in [6.45, 7) is 7.70. The molecule has 0 radical (unpaired) electrons. The van der Waals surface area contributed by atoms with Gasteiger partial charge in [-0.2, -0.15) is 5.10 Å². The van der Waals surface area contributed by atoms with Gasteiger partial charge in [0.05, 0.1) is 22.4 Å². The van der Waals surface area contributed by atoms with Crippen LogP contribution >= 0.6 is 0 Å². The highest BCUT2D eigenvalue weighted by atomic mass is 16.6. The molecule has 0 spiro atoms. The molecule has 0 aliphatic heterocycles. The van der Waals surface area contributed by atoms with Gasteiger partial charge in [-0.15, -0.1) is 0 Å². The van der Waals surface area contributed by atoms with E-state index in [0.29, 0.717) is 22.4 Å². The van der Waals surface area contributed by atoms with Gasteiger partial charge in [-0.25, -0.2) is 9.67 Å². The average Bonchev–Trinajstić information content (AvgIpc) is 3.02. The number of fused-ring (bicyclic) bond motifs is 1. The topological polar surface area (TPSA) is 103 Å². The third-order valence-electron chi connectivity index (χ3n) is 4.55. The van der Waals surface area contributed by atoms with E-state index in [4.69, 9.17) is 0 Å². The zero-order valence-electron chi connectivity index (χ0n) is 15.7. The highest BCUT2D eigenvalue weighted by Crippen LogP contribution is 2.22. The Hall–Kier alpha value is -3.29. The molecule has 8 heteroatoms. The van der Waals surface area contributed by atoms with Crippen LogP contribution in [0.2, 0.25) is 0 Å². The number of aromatic nitrogens is 3. The molecule has 0 saturated carbocycles. The predicted molar refractivity (Wildman–Crippen MR) is 102 cm³/mol. The number of benzene rings is 1. The number of nitro benzene ring substituents is 1. The van der Waals surface area contributed by atoms with E-state index in [2.05, 4.69) is 15.4 Å². The number of pyridine rings is 1. The van der Waals surface area contributed by atoms with Gasteiger partial charge in [-0.3, -0.25) is 14.9 Å². The minimum absolute atomic E-state index is 0.0436. The van der Waals surface area contributed by atoms with Crippen LogP contribution in [0.5, 0.6) is 0 Å². The number of rotatable bonds is 5. The van der Waals surface area contributed by atoms with Crippen molar-refractivity contribution < 1.29 is 9.72 Å². The first kappa shape index (κ1) is 18.5. The van der Waals surface area contributed by atoms with Crippen molar-refractivity contribution in [2.24, 2.45) is 0 Å². The smallest absolute Gasteiger partial charge is 0.272 e. The highest BCUT2D eigenvalue weighted by molar-refractivity contribution is 5.98. The summed E-state index contributed by atoms with van der Waals surface area (Å²) in [4.78, 5) is 27.8. The zero-order valence-corrected chi connectivity index (χ0v) is 15.7. The van der Waals surface area contributed by atoms with Crippen LogP contribution in [0.15, 0.2) is 30.5 Å². The number of hydrogen-bond donors (Lipinski definition) is 1. The maximum atomic E-state index is 12.6. The summed E-state index contributed by atoms with van der Waals surface area (Å²) in [5, 5.41) is 19.0. The largest absolute Gasteiger partial charge is 0.348 e. The molecule has 2 heterocycles. The Bertz CT molecular complexity index is 1040. The fourth-order valence-corrected chi connectivity index (χ4v) is 3.00. The van der Waals surface area contributed by atoms with E-state index in [-0.39, 0.29) is 24.2 Å². The van der Waals surface area contributed by atoms with Crippen molar-refractivity contribution in [3.8, 4) is 0 Å². The third-order valence-corrected chi connectivity index (χ3v) is 4.55. The Morgan fingerprint density at radius 1 is 1.33 bits per heavy atom. The summed E-state index contributed by atoms with van der Waals surface area (Å²) < 4.78 is 1.82. The van der Waals surface area contributed by atoms with Crippen molar-refractivity contribution >= 4 is 22.6 Å². The number of nitrogens with zero attached hydrogens (tertiary/aromatic N) is 4. The van der Waals surface area contributed by atoms with Gasteiger partial charge in [0, 0.05) is 29.6 Å². The Labute approximate surface area is 156 Å². The van der Waals surface area contributed by atoms with Gasteiger partial charge in [0.15, 0.2) is 5.65 Å². The lowest BCUT2D eigenvalue weighted by molar-refractivity contribution is -0.385. The summed E-state index contributed by atoms with van der Waals surface area (Å²) >= 11 is 0. The van der Waals surface area contributed by atoms with Crippen LogP contribution in [0.25, 0.3) is 11.0 Å². The standard InChI is InChI=1S/C19H21N5O3/c1-11(2)23-18-15(10-21-23)8-16(13(4)22-18)19(25)20-9-14-6-5-7-17(12(14)3)24(26)27/h5-8,10-11H,9H2,1-4H3,(H,20,25). The Kier molecular flexibility index (Phi) is 4.89. The van der Waals surface area contributed by atoms with Gasteiger partial charge in [-0.05, 0) is 39.3 Å². The molecule has 27 heavy (non-hydrogen) atoms. The van der Waals surface area contributed by atoms with E-state index in [1.807, 2.05) is 18.5 Å². The highest BCUT2D eigenvalue weighted by Gasteiger charge is 2.17. The molecular weight excluding hydrogens is 346 g/mol. The van der Waals surface area contributed by atoms with E-state index in [1.165, 1.54) is 6.07 Å². The summed E-state index contributed by atoms with van der Waals surface area (Å²) in [5.74, 6) is -0.273. The summed E-state index contributed by atoms with van der Waals surface area (Å²) in [7, 11) is 0. The maximum absolute atomic E-state index is 12.6. The molecule has 0 aliphatic rings. The third kappa shape index (κ3) is 3.51. The van der Waals surface area contributed by atoms with Gasteiger partial charge < -0.3 is 5.32 Å². The van der Waals surface area contributed by atoms with Crippen LogP contribution in [-0.2, 0) is 6.54 Å². The molecule has 3 aromatic rings. The van der Waals surface area contributed by atoms with Crippen LogP contribution < -0.4 is 5.32 Å². The molecular formula is C19H21N5O3. The van der Waals surface area contributed by atoms with Gasteiger partial charge >= 0.3 is 0 Å². The fraction of sp³-hybridized carbons (Fsp3) is 0.316. The normalized spacial score (nSPS) is 11.1. The molecule has 1 amide bonds. The predicted octanol–water partition coefficient (Wildman–Crippen LogP) is 3.47. The molecule has 2 aromatic heterocycles. The molecule has 1 N–H and O–H groups in total. The van der Waals surface area contributed by atoms with Crippen molar-refractivity contribution in [2.45, 2.75) is 40.3 Å². The summed E-state index contributed by atoms with van der Waals surface area (Å²) in [5.41, 5.74) is 3.12. The van der Waals surface area contributed by atoms with Crippen LogP contribution in [-0.4, -0.2) is 25.6 Å². The molecule has 0 fully saturated rings. The monoisotopic (exact) mass is 367 g/mol. The lowest BCUT2D eigenvalue weighted by atomic mass is 10.1. The summed E-state index contributed by atoms with van der Waals surface area (Å²) in [6.07, 6.45) is 1.70. The van der Waals surface area contributed by atoms with Crippen molar-refractivity contribution in [1.29, 1.82) is 0 Å². The number of carbonyl (C=O) groups is 1. The fourth-order valence-electron chi connectivity index (χ4n) is 3.00. The van der Waals surface area contributed by atoms with E-state index in [9.17, 15) is 14.9 Å². The van der Waals surface area contributed by atoms with E-state index < -0.39 is 4.92 Å². The second-order valence-corrected chi connectivity index (χ2v) is 6.72. The zero-order chi connectivity index (χ0) is 19.7. The molecule has 0 bridgehead atoms. The molecule has 3 rings (SSSR count). The van der Waals surface area contributed by atoms with Crippen LogP contribution in [0.4, 0.5) is 5.69 Å². The average molecular weight is 367 g/mol. The lowest BCUT2D eigenvalue weighted by Crippen LogP contribution is -2.24. The van der Waals surface area contributed by atoms with Crippen molar-refractivity contribution in [3.63, 3.8) is 0 Å². The number of nitrogens with one attached hydrogen (secondary N) is 1. The number of amides is 1. The lowest BCUT2D eigenvalue weighted by Gasteiger charge is -2.11. The molecule has 140 valence electrons. The van der Waals surface area contributed by atoms with Crippen LogP contribution in [0.1, 0.15) is 47.1 Å². The van der Waals surface area contributed by atoms with Crippen molar-refractivity contribution in [3.05, 3.63) is 63.0 Å². The van der Waals surface area contributed by atoms with Gasteiger partial charge in [-0.1, -0.05) is 12.1 Å². The first-order valence-electron chi connectivity index (χ1n) is 8.65. The number of nitro groups is 1. The van der Waals surface area contributed by atoms with Crippen molar-refractivity contribution in [2.75, 3.05) is 0 Å². The van der Waals surface area contributed by atoms with Gasteiger partial charge in [0.2, 0.25) is 0 Å². The van der Waals surface area contributed by atoms with E-state index in [0.717, 1.165) is 11.0 Å². The molecule has 1 aromatic carbocycles. The minimum Gasteiger partial charge on any atom is -0.348 e. The number of hydrogen-bond acceptors (Lipinski definition) is 5. The maximum Gasteiger partial charge on any atom is 0.272 e. The van der Waals surface area contributed by atoms with Crippen molar-refractivity contribution in [1.82, 2.24) is 20.1 Å². The van der Waals surface area contributed by atoms with Crippen LogP contribution in [0, 0.1) is 24.0 Å².